The topological polar surface area (TPSA) is 63.9 Å². The molecule has 90 valence electrons. The van der Waals surface area contributed by atoms with Crippen molar-refractivity contribution in [1.29, 1.82) is 0 Å². The number of benzene rings is 1. The van der Waals surface area contributed by atoms with Gasteiger partial charge in [-0.1, -0.05) is 31.5 Å². The Balaban J connectivity index is 2.55. The van der Waals surface area contributed by atoms with Crippen molar-refractivity contribution in [2.45, 2.75) is 19.8 Å². The molecule has 4 heteroatoms. The molecule has 0 aliphatic rings. The molecular formula is C13H17N3O. The second kappa shape index (κ2) is 4.91. The summed E-state index contributed by atoms with van der Waals surface area (Å²) < 4.78 is 5.36. The van der Waals surface area contributed by atoms with Crippen molar-refractivity contribution in [3.63, 3.8) is 0 Å². The summed E-state index contributed by atoms with van der Waals surface area (Å²) in [7, 11) is 1.66. The first-order valence-electron chi connectivity index (χ1n) is 5.74. The third-order valence-corrected chi connectivity index (χ3v) is 2.75. The van der Waals surface area contributed by atoms with Crippen molar-refractivity contribution in [2.24, 2.45) is 0 Å². The lowest BCUT2D eigenvalue weighted by Crippen LogP contribution is -1.94. The number of hydrogen-bond donors (Lipinski definition) is 2. The summed E-state index contributed by atoms with van der Waals surface area (Å²) in [4.78, 5) is 0. The number of H-pyrrole nitrogens is 1. The summed E-state index contributed by atoms with van der Waals surface area (Å²) in [5, 5.41) is 7.08. The Morgan fingerprint density at radius 1 is 1.35 bits per heavy atom. The summed E-state index contributed by atoms with van der Waals surface area (Å²) in [6, 6.07) is 7.84. The minimum Gasteiger partial charge on any atom is -0.496 e. The third-order valence-electron chi connectivity index (χ3n) is 2.75. The van der Waals surface area contributed by atoms with Gasteiger partial charge in [-0.05, 0) is 12.5 Å². The van der Waals surface area contributed by atoms with Crippen molar-refractivity contribution in [3.05, 3.63) is 30.0 Å². The number of methoxy groups -OCH3 is 1. The Bertz CT molecular complexity index is 505. The predicted molar refractivity (Wildman–Crippen MR) is 69.0 cm³/mol. The van der Waals surface area contributed by atoms with E-state index in [0.29, 0.717) is 5.82 Å². The Hall–Kier alpha value is -1.97. The van der Waals surface area contributed by atoms with E-state index in [9.17, 15) is 0 Å². The highest BCUT2D eigenvalue weighted by atomic mass is 16.5. The van der Waals surface area contributed by atoms with Crippen LogP contribution in [0.5, 0.6) is 5.75 Å². The number of aromatic amines is 1. The van der Waals surface area contributed by atoms with Gasteiger partial charge in [-0.25, -0.2) is 0 Å². The molecule has 2 rings (SSSR count). The first-order valence-corrected chi connectivity index (χ1v) is 5.74. The zero-order valence-electron chi connectivity index (χ0n) is 10.2. The molecule has 0 fully saturated rings. The number of ether oxygens (including phenoxy) is 1. The number of rotatable bonds is 4. The van der Waals surface area contributed by atoms with Crippen LogP contribution in [0.3, 0.4) is 0 Å². The number of nitrogens with one attached hydrogen (secondary N) is 1. The quantitative estimate of drug-likeness (QED) is 0.850. The highest BCUT2D eigenvalue weighted by Gasteiger charge is 2.15. The molecule has 0 saturated heterocycles. The van der Waals surface area contributed by atoms with Gasteiger partial charge in [0, 0.05) is 11.3 Å². The van der Waals surface area contributed by atoms with E-state index in [4.69, 9.17) is 10.5 Å². The lowest BCUT2D eigenvalue weighted by Gasteiger charge is -2.09. The second-order valence-corrected chi connectivity index (χ2v) is 3.91. The van der Waals surface area contributed by atoms with Gasteiger partial charge in [0.1, 0.15) is 5.75 Å². The number of aryl methyl sites for hydroxylation is 1. The molecule has 0 unspecified atom stereocenters. The molecule has 2 aromatic rings. The second-order valence-electron chi connectivity index (χ2n) is 3.91. The van der Waals surface area contributed by atoms with Gasteiger partial charge in [0.25, 0.3) is 0 Å². The molecule has 1 aromatic heterocycles. The van der Waals surface area contributed by atoms with Crippen LogP contribution in [0.15, 0.2) is 24.3 Å². The standard InChI is InChI=1S/C13H17N3O/c1-3-6-10-12(13(14)16-15-10)9-7-4-5-8-11(9)17-2/h4-5,7-8H,3,6H2,1-2H3,(H3,14,15,16). The molecule has 0 amide bonds. The molecule has 3 N–H and O–H groups in total. The van der Waals surface area contributed by atoms with Gasteiger partial charge in [-0.2, -0.15) is 5.10 Å². The monoisotopic (exact) mass is 231 g/mol. The lowest BCUT2D eigenvalue weighted by atomic mass is 10.0. The molecular weight excluding hydrogens is 214 g/mol. The maximum Gasteiger partial charge on any atom is 0.153 e. The number of nitrogens with two attached hydrogens (primary N) is 1. The average molecular weight is 231 g/mol. The van der Waals surface area contributed by atoms with Crippen LogP contribution in [0.1, 0.15) is 19.0 Å². The molecule has 0 atom stereocenters. The smallest absolute Gasteiger partial charge is 0.153 e. The number of aromatic nitrogens is 2. The summed E-state index contributed by atoms with van der Waals surface area (Å²) in [5.41, 5.74) is 8.95. The molecule has 0 aliphatic carbocycles. The molecule has 17 heavy (non-hydrogen) atoms. The number of nitrogens with zero attached hydrogens (tertiary/aromatic N) is 1. The van der Waals surface area contributed by atoms with Gasteiger partial charge in [0.15, 0.2) is 5.82 Å². The zero-order chi connectivity index (χ0) is 12.3. The van der Waals surface area contributed by atoms with Crippen LogP contribution >= 0.6 is 0 Å². The molecule has 1 heterocycles. The van der Waals surface area contributed by atoms with Crippen molar-refractivity contribution in [2.75, 3.05) is 12.8 Å². The maximum atomic E-state index is 5.93. The fourth-order valence-corrected chi connectivity index (χ4v) is 1.98. The minimum atomic E-state index is 0.526. The molecule has 0 bridgehead atoms. The highest BCUT2D eigenvalue weighted by molar-refractivity contribution is 5.80. The largest absolute Gasteiger partial charge is 0.496 e. The Morgan fingerprint density at radius 2 is 2.12 bits per heavy atom. The van der Waals surface area contributed by atoms with E-state index in [1.54, 1.807) is 7.11 Å². The van der Waals surface area contributed by atoms with Crippen LogP contribution in [-0.4, -0.2) is 17.3 Å². The van der Waals surface area contributed by atoms with Crippen LogP contribution < -0.4 is 10.5 Å². The van der Waals surface area contributed by atoms with E-state index in [-0.39, 0.29) is 0 Å². The highest BCUT2D eigenvalue weighted by Crippen LogP contribution is 2.35. The predicted octanol–water partition coefficient (Wildman–Crippen LogP) is 2.62. The van der Waals surface area contributed by atoms with Crippen molar-refractivity contribution < 1.29 is 4.74 Å². The Labute approximate surface area is 101 Å². The van der Waals surface area contributed by atoms with Crippen LogP contribution in [0.2, 0.25) is 0 Å². The molecule has 0 saturated carbocycles. The van der Waals surface area contributed by atoms with Crippen LogP contribution in [0.4, 0.5) is 5.82 Å². The lowest BCUT2D eigenvalue weighted by molar-refractivity contribution is 0.416. The minimum absolute atomic E-state index is 0.526. The molecule has 4 nitrogen and oxygen atoms in total. The Morgan fingerprint density at radius 3 is 2.82 bits per heavy atom. The number of hydrogen-bond acceptors (Lipinski definition) is 3. The van der Waals surface area contributed by atoms with Gasteiger partial charge >= 0.3 is 0 Å². The van der Waals surface area contributed by atoms with Gasteiger partial charge in [0.05, 0.1) is 12.7 Å². The maximum absolute atomic E-state index is 5.93. The Kier molecular flexibility index (Phi) is 3.32. The van der Waals surface area contributed by atoms with E-state index >= 15 is 0 Å². The van der Waals surface area contributed by atoms with E-state index in [1.807, 2.05) is 24.3 Å². The molecule has 1 aromatic carbocycles. The zero-order valence-corrected chi connectivity index (χ0v) is 10.2. The van der Waals surface area contributed by atoms with Crippen molar-refractivity contribution in [3.8, 4) is 16.9 Å². The van der Waals surface area contributed by atoms with Gasteiger partial charge in [-0.3, -0.25) is 5.10 Å². The van der Waals surface area contributed by atoms with Crippen LogP contribution in [0, 0.1) is 0 Å². The number of anilines is 1. The number of para-hydroxylation sites is 1. The van der Waals surface area contributed by atoms with Gasteiger partial charge < -0.3 is 10.5 Å². The van der Waals surface area contributed by atoms with Gasteiger partial charge in [-0.15, -0.1) is 0 Å². The van der Waals surface area contributed by atoms with Crippen LogP contribution in [0.25, 0.3) is 11.1 Å². The summed E-state index contributed by atoms with van der Waals surface area (Å²) in [6.07, 6.45) is 1.97. The first kappa shape index (κ1) is 11.5. The third kappa shape index (κ3) is 2.11. The van der Waals surface area contributed by atoms with E-state index in [0.717, 1.165) is 35.4 Å². The molecule has 0 spiro atoms. The molecule has 0 aliphatic heterocycles. The fourth-order valence-electron chi connectivity index (χ4n) is 1.98. The summed E-state index contributed by atoms with van der Waals surface area (Å²) in [5.74, 6) is 1.34. The van der Waals surface area contributed by atoms with Crippen molar-refractivity contribution >= 4 is 5.82 Å². The van der Waals surface area contributed by atoms with E-state index in [2.05, 4.69) is 17.1 Å². The summed E-state index contributed by atoms with van der Waals surface area (Å²) in [6.45, 7) is 2.13. The van der Waals surface area contributed by atoms with E-state index < -0.39 is 0 Å². The van der Waals surface area contributed by atoms with Gasteiger partial charge in [0.2, 0.25) is 0 Å². The normalized spacial score (nSPS) is 10.5. The van der Waals surface area contributed by atoms with E-state index in [1.165, 1.54) is 0 Å². The fraction of sp³-hybridized carbons (Fsp3) is 0.308. The first-order chi connectivity index (χ1) is 8.27. The SMILES string of the molecule is CCCc1[nH]nc(N)c1-c1ccccc1OC. The average Bonchev–Trinajstić information content (AvgIpc) is 2.71. The number of nitrogen functional groups attached to an aromatic ring is 1. The van der Waals surface area contributed by atoms with Crippen LogP contribution in [-0.2, 0) is 6.42 Å². The summed E-state index contributed by atoms with van der Waals surface area (Å²) >= 11 is 0. The molecule has 0 radical (unpaired) electrons. The van der Waals surface area contributed by atoms with Crippen molar-refractivity contribution in [1.82, 2.24) is 10.2 Å².